The molecule has 0 spiro atoms. The molecule has 126 valence electrons. The highest BCUT2D eigenvalue weighted by atomic mass is 79.9. The second-order valence-corrected chi connectivity index (χ2v) is 7.44. The Hall–Kier alpha value is -2.53. The van der Waals surface area contributed by atoms with Crippen molar-refractivity contribution in [2.45, 2.75) is 4.90 Å². The highest BCUT2D eigenvalue weighted by Gasteiger charge is 2.28. The van der Waals surface area contributed by atoms with Gasteiger partial charge in [-0.3, -0.25) is 20.2 Å². The van der Waals surface area contributed by atoms with Crippen molar-refractivity contribution in [3.05, 3.63) is 61.1 Å². The maximum atomic E-state index is 11.7. The van der Waals surface area contributed by atoms with Crippen molar-refractivity contribution in [3.8, 4) is 11.5 Å². The van der Waals surface area contributed by atoms with E-state index in [9.17, 15) is 28.6 Å². The molecule has 2 aromatic carbocycles. The minimum Gasteiger partial charge on any atom is -0.449 e. The van der Waals surface area contributed by atoms with E-state index in [0.29, 0.717) is 0 Å². The van der Waals surface area contributed by atoms with Crippen LogP contribution in [-0.4, -0.2) is 24.5 Å². The molecule has 0 aliphatic heterocycles. The van der Waals surface area contributed by atoms with Gasteiger partial charge in [0.05, 0.1) is 14.3 Å². The largest absolute Gasteiger partial charge is 0.449 e. The molecular formula is C13H9BrN2O7S. The maximum Gasteiger partial charge on any atom is 0.330 e. The molecule has 0 aliphatic carbocycles. The van der Waals surface area contributed by atoms with Gasteiger partial charge in [0.2, 0.25) is 5.75 Å². The third-order valence-corrected chi connectivity index (χ3v) is 4.64. The fourth-order valence-corrected chi connectivity index (χ4v) is 3.17. The second kappa shape index (κ2) is 6.53. The molecule has 0 aromatic heterocycles. The van der Waals surface area contributed by atoms with Crippen LogP contribution in [0, 0.1) is 20.2 Å². The summed E-state index contributed by atoms with van der Waals surface area (Å²) in [5.41, 5.74) is -0.904. The van der Waals surface area contributed by atoms with Gasteiger partial charge in [0.25, 0.3) is 5.69 Å². The normalized spacial score (nSPS) is 11.1. The number of nitro benzene ring substituents is 2. The lowest BCUT2D eigenvalue weighted by Crippen LogP contribution is -2.04. The van der Waals surface area contributed by atoms with Crippen LogP contribution >= 0.6 is 15.9 Å². The number of nitrogens with zero attached hydrogens (tertiary/aromatic N) is 2. The summed E-state index contributed by atoms with van der Waals surface area (Å²) in [6.45, 7) is 0. The van der Waals surface area contributed by atoms with E-state index in [1.807, 2.05) is 0 Å². The Morgan fingerprint density at radius 3 is 2.21 bits per heavy atom. The average molecular weight is 417 g/mol. The summed E-state index contributed by atoms with van der Waals surface area (Å²) in [4.78, 5) is 20.0. The second-order valence-electron chi connectivity index (χ2n) is 4.61. The fourth-order valence-electron chi connectivity index (χ4n) is 1.87. The Kier molecular flexibility index (Phi) is 4.85. The standard InChI is InChI=1S/C13H9BrN2O7S/c1-24(21,22)12-4-2-3-11(13(12)16(19)20)23-10-6-5-8(15(17)18)7-9(10)14/h2-7H,1H3. The Balaban J connectivity index is 2.55. The summed E-state index contributed by atoms with van der Waals surface area (Å²) in [7, 11) is -3.84. The van der Waals surface area contributed by atoms with Crippen LogP contribution in [0.2, 0.25) is 0 Å². The van der Waals surface area contributed by atoms with Gasteiger partial charge in [-0.1, -0.05) is 6.07 Å². The van der Waals surface area contributed by atoms with E-state index < -0.39 is 30.3 Å². The van der Waals surface area contributed by atoms with Gasteiger partial charge in [0, 0.05) is 18.4 Å². The van der Waals surface area contributed by atoms with E-state index in [0.717, 1.165) is 18.4 Å². The highest BCUT2D eigenvalue weighted by Crippen LogP contribution is 2.39. The van der Waals surface area contributed by atoms with Crippen LogP contribution in [0.3, 0.4) is 0 Å². The predicted molar refractivity (Wildman–Crippen MR) is 87.1 cm³/mol. The minimum atomic E-state index is -3.84. The van der Waals surface area contributed by atoms with Gasteiger partial charge in [-0.05, 0) is 34.1 Å². The smallest absolute Gasteiger partial charge is 0.330 e. The fraction of sp³-hybridized carbons (Fsp3) is 0.0769. The summed E-state index contributed by atoms with van der Waals surface area (Å²) in [5.74, 6) is -0.230. The zero-order valence-corrected chi connectivity index (χ0v) is 14.4. The van der Waals surface area contributed by atoms with Crippen LogP contribution in [0.4, 0.5) is 11.4 Å². The molecule has 0 bridgehead atoms. The van der Waals surface area contributed by atoms with E-state index in [1.165, 1.54) is 24.3 Å². The number of hydrogen-bond donors (Lipinski definition) is 0. The van der Waals surface area contributed by atoms with Crippen molar-refractivity contribution in [1.29, 1.82) is 0 Å². The first-order valence-electron chi connectivity index (χ1n) is 6.20. The van der Waals surface area contributed by atoms with Crippen LogP contribution in [0.25, 0.3) is 0 Å². The molecule has 0 fully saturated rings. The molecule has 2 rings (SSSR count). The first-order valence-corrected chi connectivity index (χ1v) is 8.89. The zero-order chi connectivity index (χ0) is 18.1. The molecule has 0 unspecified atom stereocenters. The van der Waals surface area contributed by atoms with Crippen molar-refractivity contribution in [2.24, 2.45) is 0 Å². The molecule has 9 nitrogen and oxygen atoms in total. The summed E-state index contributed by atoms with van der Waals surface area (Å²) in [6.07, 6.45) is 0.848. The van der Waals surface area contributed by atoms with Gasteiger partial charge >= 0.3 is 5.69 Å². The Morgan fingerprint density at radius 2 is 1.71 bits per heavy atom. The lowest BCUT2D eigenvalue weighted by Gasteiger charge is -2.10. The molecule has 24 heavy (non-hydrogen) atoms. The lowest BCUT2D eigenvalue weighted by molar-refractivity contribution is -0.388. The molecule has 0 aliphatic rings. The molecule has 0 heterocycles. The molecule has 0 saturated heterocycles. The van der Waals surface area contributed by atoms with Crippen molar-refractivity contribution >= 4 is 37.1 Å². The molecule has 0 saturated carbocycles. The van der Waals surface area contributed by atoms with Gasteiger partial charge in [-0.15, -0.1) is 0 Å². The van der Waals surface area contributed by atoms with Crippen LogP contribution in [0.5, 0.6) is 11.5 Å². The van der Waals surface area contributed by atoms with Crippen molar-refractivity contribution in [1.82, 2.24) is 0 Å². The van der Waals surface area contributed by atoms with Crippen molar-refractivity contribution in [3.63, 3.8) is 0 Å². The molecule has 0 N–H and O–H groups in total. The van der Waals surface area contributed by atoms with Crippen LogP contribution in [0.1, 0.15) is 0 Å². The van der Waals surface area contributed by atoms with Crippen LogP contribution in [-0.2, 0) is 9.84 Å². The van der Waals surface area contributed by atoms with E-state index in [2.05, 4.69) is 15.9 Å². The van der Waals surface area contributed by atoms with Crippen LogP contribution < -0.4 is 4.74 Å². The monoisotopic (exact) mass is 416 g/mol. The van der Waals surface area contributed by atoms with Gasteiger partial charge < -0.3 is 4.74 Å². The van der Waals surface area contributed by atoms with E-state index in [4.69, 9.17) is 4.74 Å². The minimum absolute atomic E-state index is 0.0642. The number of sulfone groups is 1. The Labute approximate surface area is 144 Å². The van der Waals surface area contributed by atoms with Gasteiger partial charge in [0.15, 0.2) is 9.84 Å². The number of para-hydroxylation sites is 1. The molecule has 0 radical (unpaired) electrons. The van der Waals surface area contributed by atoms with Crippen molar-refractivity contribution < 1.29 is 23.0 Å². The lowest BCUT2D eigenvalue weighted by atomic mass is 10.3. The summed E-state index contributed by atoms with van der Waals surface area (Å²) in [6, 6.07) is 7.22. The molecule has 0 amide bonds. The third kappa shape index (κ3) is 3.68. The number of rotatable bonds is 5. The van der Waals surface area contributed by atoms with Gasteiger partial charge in [-0.25, -0.2) is 8.42 Å². The first-order chi connectivity index (χ1) is 11.1. The quantitative estimate of drug-likeness (QED) is 0.538. The molecule has 2 aromatic rings. The Morgan fingerprint density at radius 1 is 1.04 bits per heavy atom. The number of ether oxygens (including phenoxy) is 1. The molecular weight excluding hydrogens is 408 g/mol. The zero-order valence-electron chi connectivity index (χ0n) is 12.0. The van der Waals surface area contributed by atoms with Gasteiger partial charge in [0.1, 0.15) is 10.6 Å². The number of nitro groups is 2. The summed E-state index contributed by atoms with van der Waals surface area (Å²) < 4.78 is 29.0. The topological polar surface area (TPSA) is 130 Å². The first kappa shape index (κ1) is 17.8. The summed E-state index contributed by atoms with van der Waals surface area (Å²) >= 11 is 3.07. The third-order valence-electron chi connectivity index (χ3n) is 2.89. The number of non-ortho nitro benzene ring substituents is 1. The maximum absolute atomic E-state index is 11.7. The Bertz CT molecular complexity index is 943. The van der Waals surface area contributed by atoms with E-state index in [-0.39, 0.29) is 21.7 Å². The van der Waals surface area contributed by atoms with E-state index in [1.54, 1.807) is 0 Å². The number of benzene rings is 2. The van der Waals surface area contributed by atoms with E-state index >= 15 is 0 Å². The molecule has 11 heteroatoms. The number of hydrogen-bond acceptors (Lipinski definition) is 7. The number of halogens is 1. The predicted octanol–water partition coefficient (Wildman–Crippen LogP) is 3.46. The average Bonchev–Trinajstić information content (AvgIpc) is 2.47. The van der Waals surface area contributed by atoms with Crippen molar-refractivity contribution in [2.75, 3.05) is 6.26 Å². The van der Waals surface area contributed by atoms with Gasteiger partial charge in [-0.2, -0.15) is 0 Å². The van der Waals surface area contributed by atoms with Crippen LogP contribution in [0.15, 0.2) is 45.8 Å². The summed E-state index contributed by atoms with van der Waals surface area (Å²) in [5, 5.41) is 22.0. The molecule has 0 atom stereocenters. The SMILES string of the molecule is CS(=O)(=O)c1cccc(Oc2ccc([N+](=O)[O-])cc2Br)c1[N+](=O)[O-]. The highest BCUT2D eigenvalue weighted by molar-refractivity contribution is 9.10.